The predicted molar refractivity (Wildman–Crippen MR) is 56.2 cm³/mol. The van der Waals surface area contributed by atoms with Crippen molar-refractivity contribution in [2.75, 3.05) is 7.11 Å². The minimum Gasteiger partial charge on any atom is -0.475 e. The molecule has 0 aliphatic heterocycles. The van der Waals surface area contributed by atoms with Crippen LogP contribution in [-0.2, 0) is 9.53 Å². The summed E-state index contributed by atoms with van der Waals surface area (Å²) < 4.78 is 23.3. The van der Waals surface area contributed by atoms with Crippen molar-refractivity contribution in [3.63, 3.8) is 0 Å². The van der Waals surface area contributed by atoms with Gasteiger partial charge in [0, 0.05) is 0 Å². The van der Waals surface area contributed by atoms with Crippen LogP contribution in [0.2, 0.25) is 0 Å². The van der Waals surface area contributed by atoms with Crippen LogP contribution < -0.4 is 4.74 Å². The second kappa shape index (κ2) is 5.11. The second-order valence-corrected chi connectivity index (χ2v) is 3.69. The van der Waals surface area contributed by atoms with E-state index in [9.17, 15) is 9.18 Å². The van der Waals surface area contributed by atoms with Crippen molar-refractivity contribution < 1.29 is 18.7 Å². The first kappa shape index (κ1) is 12.0. The molecule has 0 radical (unpaired) electrons. The minimum absolute atomic E-state index is 0.00963. The number of hydrogen-bond acceptors (Lipinski definition) is 3. The van der Waals surface area contributed by atoms with Gasteiger partial charge in [-0.05, 0) is 35.0 Å². The Hall–Kier alpha value is -1.10. The fourth-order valence-electron chi connectivity index (χ4n) is 0.986. The van der Waals surface area contributed by atoms with Gasteiger partial charge in [0.15, 0.2) is 17.7 Å². The fraction of sp³-hybridized carbons (Fsp3) is 0.300. The molecule has 1 aromatic carbocycles. The number of carbonyl (C=O) groups excluding carboxylic acids is 1. The molecular formula is C10H10BrFO3. The first-order chi connectivity index (χ1) is 7.06. The van der Waals surface area contributed by atoms with Gasteiger partial charge >= 0.3 is 5.97 Å². The van der Waals surface area contributed by atoms with Gasteiger partial charge in [-0.2, -0.15) is 0 Å². The third kappa shape index (κ3) is 2.92. The number of carbonyl (C=O) groups is 1. The molecule has 3 nitrogen and oxygen atoms in total. The average molecular weight is 277 g/mol. The van der Waals surface area contributed by atoms with Crippen LogP contribution in [0.15, 0.2) is 22.7 Å². The molecule has 0 amide bonds. The molecule has 0 heterocycles. The van der Waals surface area contributed by atoms with Crippen LogP contribution in [0.25, 0.3) is 0 Å². The van der Waals surface area contributed by atoms with Gasteiger partial charge < -0.3 is 9.47 Å². The van der Waals surface area contributed by atoms with Crippen LogP contribution in [0.4, 0.5) is 4.39 Å². The van der Waals surface area contributed by atoms with Crippen LogP contribution in [0, 0.1) is 5.82 Å². The number of ether oxygens (including phenoxy) is 2. The third-order valence-corrected chi connectivity index (χ3v) is 2.37. The summed E-state index contributed by atoms with van der Waals surface area (Å²) in [5.74, 6) is -1.07. The zero-order valence-electron chi connectivity index (χ0n) is 8.29. The Bertz CT molecular complexity index is 347. The highest BCUT2D eigenvalue weighted by Gasteiger charge is 2.18. The minimum atomic E-state index is -0.844. The molecule has 0 aromatic heterocycles. The standard InChI is InChI=1S/C10H10BrFO3/c1-6(10(13)14-2)15-9-7(11)4-3-5-8(9)12/h3-6H,1-2H3/t6-/m1/s1. The SMILES string of the molecule is COC(=O)[C@@H](C)Oc1c(F)cccc1Br. The highest BCUT2D eigenvalue weighted by molar-refractivity contribution is 9.10. The average Bonchev–Trinajstić information content (AvgIpc) is 2.22. The van der Waals surface area contributed by atoms with E-state index in [0.29, 0.717) is 4.47 Å². The van der Waals surface area contributed by atoms with E-state index in [2.05, 4.69) is 20.7 Å². The predicted octanol–water partition coefficient (Wildman–Crippen LogP) is 2.53. The summed E-state index contributed by atoms with van der Waals surface area (Å²) in [6, 6.07) is 4.42. The Balaban J connectivity index is 2.85. The molecule has 0 bridgehead atoms. The Morgan fingerprint density at radius 3 is 2.73 bits per heavy atom. The Kier molecular flexibility index (Phi) is 4.08. The van der Waals surface area contributed by atoms with Crippen molar-refractivity contribution in [1.29, 1.82) is 0 Å². The number of methoxy groups -OCH3 is 1. The maximum atomic E-state index is 13.3. The van der Waals surface area contributed by atoms with E-state index in [1.54, 1.807) is 6.07 Å². The lowest BCUT2D eigenvalue weighted by atomic mass is 10.3. The van der Waals surface area contributed by atoms with Gasteiger partial charge in [0.2, 0.25) is 0 Å². The first-order valence-electron chi connectivity index (χ1n) is 4.24. The number of benzene rings is 1. The molecule has 5 heteroatoms. The molecule has 0 spiro atoms. The zero-order chi connectivity index (χ0) is 11.4. The summed E-state index contributed by atoms with van der Waals surface area (Å²) in [7, 11) is 1.25. The van der Waals surface area contributed by atoms with Gasteiger partial charge in [-0.15, -0.1) is 0 Å². The molecule has 1 atom stereocenters. The first-order valence-corrected chi connectivity index (χ1v) is 5.04. The Morgan fingerprint density at radius 1 is 1.53 bits per heavy atom. The number of rotatable bonds is 3. The lowest BCUT2D eigenvalue weighted by molar-refractivity contribution is -0.148. The quantitative estimate of drug-likeness (QED) is 0.796. The number of esters is 1. The molecule has 0 aliphatic rings. The Morgan fingerprint density at radius 2 is 2.20 bits per heavy atom. The molecule has 1 rings (SSSR count). The van der Waals surface area contributed by atoms with Crippen LogP contribution in [-0.4, -0.2) is 19.2 Å². The number of para-hydroxylation sites is 1. The molecule has 0 unspecified atom stereocenters. The van der Waals surface area contributed by atoms with E-state index in [-0.39, 0.29) is 5.75 Å². The molecule has 82 valence electrons. The topological polar surface area (TPSA) is 35.5 Å². The normalized spacial score (nSPS) is 12.0. The van der Waals surface area contributed by atoms with Crippen molar-refractivity contribution in [3.8, 4) is 5.75 Å². The van der Waals surface area contributed by atoms with Gasteiger partial charge in [0.05, 0.1) is 11.6 Å². The lowest BCUT2D eigenvalue weighted by Gasteiger charge is -2.13. The molecule has 1 aromatic rings. The summed E-state index contributed by atoms with van der Waals surface area (Å²) >= 11 is 3.13. The summed E-state index contributed by atoms with van der Waals surface area (Å²) in [5.41, 5.74) is 0. The summed E-state index contributed by atoms with van der Waals surface area (Å²) in [6.07, 6.45) is -0.844. The lowest BCUT2D eigenvalue weighted by Crippen LogP contribution is -2.25. The van der Waals surface area contributed by atoms with Gasteiger partial charge in [-0.1, -0.05) is 6.07 Å². The second-order valence-electron chi connectivity index (χ2n) is 2.83. The van der Waals surface area contributed by atoms with Crippen molar-refractivity contribution in [2.45, 2.75) is 13.0 Å². The van der Waals surface area contributed by atoms with Crippen LogP contribution in [0.3, 0.4) is 0 Å². The number of hydrogen-bond donors (Lipinski definition) is 0. The van der Waals surface area contributed by atoms with E-state index in [0.717, 1.165) is 0 Å². The largest absolute Gasteiger partial charge is 0.475 e. The van der Waals surface area contributed by atoms with Gasteiger partial charge in [-0.3, -0.25) is 0 Å². The fourth-order valence-corrected chi connectivity index (χ4v) is 1.42. The van der Waals surface area contributed by atoms with Crippen molar-refractivity contribution in [3.05, 3.63) is 28.5 Å². The monoisotopic (exact) mass is 276 g/mol. The molecule has 0 saturated heterocycles. The third-order valence-electron chi connectivity index (χ3n) is 1.75. The highest BCUT2D eigenvalue weighted by atomic mass is 79.9. The Labute approximate surface area is 95.3 Å². The maximum Gasteiger partial charge on any atom is 0.346 e. The van der Waals surface area contributed by atoms with E-state index in [1.807, 2.05) is 0 Å². The van der Waals surface area contributed by atoms with Crippen molar-refractivity contribution >= 4 is 21.9 Å². The zero-order valence-corrected chi connectivity index (χ0v) is 9.88. The van der Waals surface area contributed by atoms with Crippen LogP contribution >= 0.6 is 15.9 Å². The van der Waals surface area contributed by atoms with E-state index < -0.39 is 17.9 Å². The highest BCUT2D eigenvalue weighted by Crippen LogP contribution is 2.28. The summed E-state index contributed by atoms with van der Waals surface area (Å²) in [5, 5.41) is 0. The molecule has 0 fully saturated rings. The van der Waals surface area contributed by atoms with Crippen molar-refractivity contribution in [2.24, 2.45) is 0 Å². The van der Waals surface area contributed by atoms with Gasteiger partial charge in [0.1, 0.15) is 0 Å². The summed E-state index contributed by atoms with van der Waals surface area (Å²) in [4.78, 5) is 11.1. The van der Waals surface area contributed by atoms with Crippen LogP contribution in [0.5, 0.6) is 5.75 Å². The van der Waals surface area contributed by atoms with E-state index >= 15 is 0 Å². The molecule has 0 N–H and O–H groups in total. The molecular weight excluding hydrogens is 267 g/mol. The molecule has 15 heavy (non-hydrogen) atoms. The van der Waals surface area contributed by atoms with Crippen molar-refractivity contribution in [1.82, 2.24) is 0 Å². The van der Waals surface area contributed by atoms with Crippen LogP contribution in [0.1, 0.15) is 6.92 Å². The number of halogens is 2. The summed E-state index contributed by atoms with van der Waals surface area (Å²) in [6.45, 7) is 1.49. The van der Waals surface area contributed by atoms with Gasteiger partial charge in [-0.25, -0.2) is 9.18 Å². The smallest absolute Gasteiger partial charge is 0.346 e. The van der Waals surface area contributed by atoms with E-state index in [1.165, 1.54) is 26.2 Å². The van der Waals surface area contributed by atoms with E-state index in [4.69, 9.17) is 4.74 Å². The molecule has 0 saturated carbocycles. The van der Waals surface area contributed by atoms with Gasteiger partial charge in [0.25, 0.3) is 0 Å². The maximum absolute atomic E-state index is 13.3. The molecule has 0 aliphatic carbocycles.